The summed E-state index contributed by atoms with van der Waals surface area (Å²) in [5.41, 5.74) is 8.55. The normalized spacial score (nSPS) is 17.4. The summed E-state index contributed by atoms with van der Waals surface area (Å²) in [6, 6.07) is 8.32. The van der Waals surface area contributed by atoms with Gasteiger partial charge in [0, 0.05) is 19.1 Å². The summed E-state index contributed by atoms with van der Waals surface area (Å²) in [5, 5.41) is 3.04. The van der Waals surface area contributed by atoms with Crippen LogP contribution in [0, 0.1) is 0 Å². The van der Waals surface area contributed by atoms with Crippen molar-refractivity contribution in [2.45, 2.75) is 56.9 Å². The van der Waals surface area contributed by atoms with Gasteiger partial charge in [-0.2, -0.15) is 0 Å². The second-order valence-electron chi connectivity index (χ2n) is 7.04. The van der Waals surface area contributed by atoms with Crippen molar-refractivity contribution in [3.63, 3.8) is 0 Å². The van der Waals surface area contributed by atoms with Crippen molar-refractivity contribution < 1.29 is 9.53 Å². The standard InChI is InChI=1S/C19H30N2O2.ClH/c1-14(2)15-6-8-16(9-7-15)19(10-4-5-11-19)13-21-18(22)17(20)12-23-3;/h6-9,14,17H,4-5,10-13,20H2,1-3H3,(H,21,22);1H. The fraction of sp³-hybridized carbons (Fsp3) is 0.632. The molecular weight excluding hydrogens is 324 g/mol. The average molecular weight is 355 g/mol. The van der Waals surface area contributed by atoms with Crippen LogP contribution in [0.5, 0.6) is 0 Å². The minimum absolute atomic E-state index is 0. The van der Waals surface area contributed by atoms with E-state index in [-0.39, 0.29) is 30.3 Å². The lowest BCUT2D eigenvalue weighted by atomic mass is 9.78. The van der Waals surface area contributed by atoms with E-state index < -0.39 is 6.04 Å². The van der Waals surface area contributed by atoms with E-state index in [4.69, 9.17) is 10.5 Å². The van der Waals surface area contributed by atoms with Crippen molar-refractivity contribution in [3.05, 3.63) is 35.4 Å². The van der Waals surface area contributed by atoms with E-state index in [0.717, 1.165) is 12.8 Å². The number of carbonyl (C=O) groups excluding carboxylic acids is 1. The minimum Gasteiger partial charge on any atom is -0.383 e. The number of amides is 1. The molecule has 0 aliphatic heterocycles. The summed E-state index contributed by atoms with van der Waals surface area (Å²) in [6.07, 6.45) is 4.67. The van der Waals surface area contributed by atoms with Crippen molar-refractivity contribution in [2.24, 2.45) is 5.73 Å². The average Bonchev–Trinajstić information content (AvgIpc) is 3.03. The van der Waals surface area contributed by atoms with Gasteiger partial charge in [0.2, 0.25) is 5.91 Å². The van der Waals surface area contributed by atoms with Gasteiger partial charge in [-0.3, -0.25) is 4.79 Å². The van der Waals surface area contributed by atoms with Crippen LogP contribution in [0.25, 0.3) is 0 Å². The number of carbonyl (C=O) groups is 1. The maximum Gasteiger partial charge on any atom is 0.239 e. The number of benzene rings is 1. The van der Waals surface area contributed by atoms with E-state index in [1.165, 1.54) is 24.0 Å². The Kier molecular flexibility index (Phi) is 8.20. The van der Waals surface area contributed by atoms with Crippen molar-refractivity contribution in [1.82, 2.24) is 5.32 Å². The van der Waals surface area contributed by atoms with Gasteiger partial charge in [-0.1, -0.05) is 51.0 Å². The van der Waals surface area contributed by atoms with Crippen LogP contribution in [0.15, 0.2) is 24.3 Å². The monoisotopic (exact) mass is 354 g/mol. The van der Waals surface area contributed by atoms with E-state index in [0.29, 0.717) is 12.5 Å². The molecule has 5 heteroatoms. The number of hydrogen-bond donors (Lipinski definition) is 2. The first-order valence-electron chi connectivity index (χ1n) is 8.61. The van der Waals surface area contributed by atoms with Gasteiger partial charge in [-0.05, 0) is 29.9 Å². The van der Waals surface area contributed by atoms with Gasteiger partial charge in [0.15, 0.2) is 0 Å². The first kappa shape index (κ1) is 20.9. The molecule has 3 N–H and O–H groups in total. The van der Waals surface area contributed by atoms with Gasteiger partial charge in [0.05, 0.1) is 6.61 Å². The number of rotatable bonds is 7. The van der Waals surface area contributed by atoms with Crippen LogP contribution >= 0.6 is 12.4 Å². The molecule has 1 fully saturated rings. The van der Waals surface area contributed by atoms with Crippen molar-refractivity contribution >= 4 is 18.3 Å². The van der Waals surface area contributed by atoms with Gasteiger partial charge in [0.25, 0.3) is 0 Å². The van der Waals surface area contributed by atoms with Crippen molar-refractivity contribution in [1.29, 1.82) is 0 Å². The Labute approximate surface area is 151 Å². The quantitative estimate of drug-likeness (QED) is 0.790. The maximum absolute atomic E-state index is 12.1. The number of methoxy groups -OCH3 is 1. The summed E-state index contributed by atoms with van der Waals surface area (Å²) in [6.45, 7) is 5.32. The zero-order valence-corrected chi connectivity index (χ0v) is 15.8. The molecule has 0 saturated heterocycles. The number of nitrogens with one attached hydrogen (secondary N) is 1. The SMILES string of the molecule is COCC(N)C(=O)NCC1(c2ccc(C(C)C)cc2)CCCC1.Cl. The molecule has 0 radical (unpaired) electrons. The molecule has 136 valence electrons. The Bertz CT molecular complexity index is 511. The molecule has 1 saturated carbocycles. The molecule has 1 aromatic carbocycles. The number of nitrogens with two attached hydrogens (primary N) is 1. The third-order valence-electron chi connectivity index (χ3n) is 5.03. The van der Waals surface area contributed by atoms with Crippen LogP contribution in [0.1, 0.15) is 56.6 Å². The van der Waals surface area contributed by atoms with Crippen LogP contribution in [0.4, 0.5) is 0 Å². The highest BCUT2D eigenvalue weighted by atomic mass is 35.5. The zero-order valence-electron chi connectivity index (χ0n) is 15.0. The predicted molar refractivity (Wildman–Crippen MR) is 101 cm³/mol. The van der Waals surface area contributed by atoms with Crippen molar-refractivity contribution in [2.75, 3.05) is 20.3 Å². The summed E-state index contributed by atoms with van der Waals surface area (Å²) < 4.78 is 4.96. The highest BCUT2D eigenvalue weighted by molar-refractivity contribution is 5.85. The predicted octanol–water partition coefficient (Wildman–Crippen LogP) is 3.13. The Morgan fingerprint density at radius 3 is 2.33 bits per heavy atom. The smallest absolute Gasteiger partial charge is 0.239 e. The van der Waals surface area contributed by atoms with Gasteiger partial charge in [-0.25, -0.2) is 0 Å². The van der Waals surface area contributed by atoms with E-state index in [2.05, 4.69) is 43.4 Å². The van der Waals surface area contributed by atoms with Gasteiger partial charge < -0.3 is 15.8 Å². The number of ether oxygens (including phenoxy) is 1. The van der Waals surface area contributed by atoms with Gasteiger partial charge >= 0.3 is 0 Å². The van der Waals surface area contributed by atoms with E-state index in [1.54, 1.807) is 7.11 Å². The molecule has 0 aromatic heterocycles. The van der Waals surface area contributed by atoms with Crippen LogP contribution in [-0.4, -0.2) is 32.2 Å². The molecule has 0 spiro atoms. The van der Waals surface area contributed by atoms with E-state index in [9.17, 15) is 4.79 Å². The molecule has 1 atom stereocenters. The molecule has 24 heavy (non-hydrogen) atoms. The fourth-order valence-corrected chi connectivity index (χ4v) is 3.48. The summed E-state index contributed by atoms with van der Waals surface area (Å²) in [5.74, 6) is 0.409. The second-order valence-corrected chi connectivity index (χ2v) is 7.04. The molecular formula is C19H31ClN2O2. The topological polar surface area (TPSA) is 64.3 Å². The molecule has 1 unspecified atom stereocenters. The van der Waals surface area contributed by atoms with Crippen LogP contribution < -0.4 is 11.1 Å². The van der Waals surface area contributed by atoms with Gasteiger partial charge in [-0.15, -0.1) is 12.4 Å². The summed E-state index contributed by atoms with van der Waals surface area (Å²) >= 11 is 0. The largest absolute Gasteiger partial charge is 0.383 e. The number of hydrogen-bond acceptors (Lipinski definition) is 3. The van der Waals surface area contributed by atoms with Crippen LogP contribution in [0.2, 0.25) is 0 Å². The number of halogens is 1. The molecule has 2 rings (SSSR count). The van der Waals surface area contributed by atoms with E-state index in [1.807, 2.05) is 0 Å². The first-order chi connectivity index (χ1) is 11.0. The van der Waals surface area contributed by atoms with Crippen molar-refractivity contribution in [3.8, 4) is 0 Å². The molecule has 1 amide bonds. The maximum atomic E-state index is 12.1. The Morgan fingerprint density at radius 2 is 1.83 bits per heavy atom. The zero-order chi connectivity index (χ0) is 16.9. The summed E-state index contributed by atoms with van der Waals surface area (Å²) in [7, 11) is 1.56. The summed E-state index contributed by atoms with van der Waals surface area (Å²) in [4.78, 5) is 12.1. The third kappa shape index (κ3) is 4.95. The highest BCUT2D eigenvalue weighted by Gasteiger charge is 2.36. The molecule has 1 aliphatic rings. The minimum atomic E-state index is -0.596. The lowest BCUT2D eigenvalue weighted by molar-refractivity contribution is -0.123. The molecule has 0 heterocycles. The molecule has 1 aliphatic carbocycles. The Balaban J connectivity index is 0.00000288. The van der Waals surface area contributed by atoms with Gasteiger partial charge in [0.1, 0.15) is 6.04 Å². The molecule has 4 nitrogen and oxygen atoms in total. The van der Waals surface area contributed by atoms with Crippen LogP contribution in [-0.2, 0) is 14.9 Å². The fourth-order valence-electron chi connectivity index (χ4n) is 3.48. The van der Waals surface area contributed by atoms with E-state index >= 15 is 0 Å². The molecule has 0 bridgehead atoms. The lowest BCUT2D eigenvalue weighted by Gasteiger charge is -2.31. The first-order valence-corrected chi connectivity index (χ1v) is 8.61. The Hall–Kier alpha value is -1.10. The van der Waals surface area contributed by atoms with Crippen LogP contribution in [0.3, 0.4) is 0 Å². The molecule has 1 aromatic rings. The lowest BCUT2D eigenvalue weighted by Crippen LogP contribution is -2.47. The third-order valence-corrected chi connectivity index (χ3v) is 5.03. The Morgan fingerprint density at radius 1 is 1.25 bits per heavy atom. The second kappa shape index (κ2) is 9.40. The highest BCUT2D eigenvalue weighted by Crippen LogP contribution is 2.41.